The first-order chi connectivity index (χ1) is 16.8. The summed E-state index contributed by atoms with van der Waals surface area (Å²) in [5.74, 6) is -1.26. The summed E-state index contributed by atoms with van der Waals surface area (Å²) in [5, 5.41) is 14.8. The van der Waals surface area contributed by atoms with Gasteiger partial charge in [-0.1, -0.05) is 82.1 Å². The molecule has 2 atom stereocenters. The van der Waals surface area contributed by atoms with Gasteiger partial charge < -0.3 is 20.5 Å². The number of aliphatic carboxylic acids is 1. The Hall–Kier alpha value is -3.35. The average Bonchev–Trinajstić information content (AvgIpc) is 3.14. The molecule has 2 aromatic carbocycles. The largest absolute Gasteiger partial charge is 0.481 e. The third-order valence-electron chi connectivity index (χ3n) is 6.55. The second-order valence-corrected chi connectivity index (χ2v) is 9.53. The lowest BCUT2D eigenvalue weighted by molar-refractivity contribution is -0.137. The molecule has 188 valence electrons. The van der Waals surface area contributed by atoms with Gasteiger partial charge in [-0.05, 0) is 34.6 Å². The predicted octanol–water partition coefficient (Wildman–Crippen LogP) is 5.09. The van der Waals surface area contributed by atoms with Crippen LogP contribution < -0.4 is 10.6 Å². The lowest BCUT2D eigenvalue weighted by Gasteiger charge is -2.24. The zero-order valence-electron chi connectivity index (χ0n) is 20.8. The molecule has 0 saturated carbocycles. The van der Waals surface area contributed by atoms with Crippen LogP contribution in [0.3, 0.4) is 0 Å². The molecular weight excluding hydrogens is 444 g/mol. The number of hydrogen-bond acceptors (Lipinski definition) is 4. The molecule has 1 aliphatic rings. The maximum absolute atomic E-state index is 12.7. The number of unbranched alkanes of at least 4 members (excludes halogenated alkanes) is 1. The molecule has 0 fully saturated rings. The quantitative estimate of drug-likeness (QED) is 0.392. The minimum atomic E-state index is -0.941. The number of benzene rings is 2. The van der Waals surface area contributed by atoms with Crippen molar-refractivity contribution in [1.82, 2.24) is 10.6 Å². The fourth-order valence-electron chi connectivity index (χ4n) is 4.62. The Morgan fingerprint density at radius 3 is 2.09 bits per heavy atom. The second kappa shape index (κ2) is 12.4. The van der Waals surface area contributed by atoms with Crippen LogP contribution in [-0.4, -0.2) is 41.8 Å². The zero-order chi connectivity index (χ0) is 25.4. The van der Waals surface area contributed by atoms with Crippen molar-refractivity contribution in [3.05, 3.63) is 59.7 Å². The summed E-state index contributed by atoms with van der Waals surface area (Å²) < 4.78 is 5.63. The van der Waals surface area contributed by atoms with Crippen LogP contribution in [0.5, 0.6) is 0 Å². The Kier molecular flexibility index (Phi) is 9.29. The molecule has 2 amide bonds. The average molecular weight is 481 g/mol. The van der Waals surface area contributed by atoms with Crippen molar-refractivity contribution in [3.8, 4) is 11.1 Å². The molecule has 35 heavy (non-hydrogen) atoms. The first kappa shape index (κ1) is 26.3. The molecular formula is C28H36N2O5. The van der Waals surface area contributed by atoms with Crippen molar-refractivity contribution >= 4 is 18.0 Å². The van der Waals surface area contributed by atoms with Gasteiger partial charge in [0.2, 0.25) is 5.91 Å². The van der Waals surface area contributed by atoms with Crippen molar-refractivity contribution in [2.24, 2.45) is 5.92 Å². The van der Waals surface area contributed by atoms with E-state index in [1.54, 1.807) is 0 Å². The van der Waals surface area contributed by atoms with Gasteiger partial charge in [0.25, 0.3) is 0 Å². The highest BCUT2D eigenvalue weighted by molar-refractivity contribution is 5.80. The van der Waals surface area contributed by atoms with Gasteiger partial charge in [0.05, 0.1) is 6.42 Å². The van der Waals surface area contributed by atoms with Crippen molar-refractivity contribution < 1.29 is 24.2 Å². The summed E-state index contributed by atoms with van der Waals surface area (Å²) in [6, 6.07) is 15.4. The monoisotopic (exact) mass is 480 g/mol. The maximum Gasteiger partial charge on any atom is 0.407 e. The molecule has 0 aliphatic heterocycles. The van der Waals surface area contributed by atoms with E-state index in [1.807, 2.05) is 45.0 Å². The Morgan fingerprint density at radius 1 is 0.943 bits per heavy atom. The normalized spacial score (nSPS) is 14.1. The molecule has 0 aromatic heterocycles. The molecule has 1 unspecified atom stereocenters. The number of alkyl carbamates (subject to hydrolysis) is 1. The van der Waals surface area contributed by atoms with Crippen molar-refractivity contribution in [2.75, 3.05) is 6.61 Å². The molecule has 0 radical (unpaired) electrons. The van der Waals surface area contributed by atoms with Crippen molar-refractivity contribution in [1.29, 1.82) is 0 Å². The van der Waals surface area contributed by atoms with Crippen molar-refractivity contribution in [3.63, 3.8) is 0 Å². The number of carboxylic acid groups (broad SMARTS) is 1. The van der Waals surface area contributed by atoms with Crippen LogP contribution in [-0.2, 0) is 14.3 Å². The highest BCUT2D eigenvalue weighted by Crippen LogP contribution is 2.44. The van der Waals surface area contributed by atoms with Gasteiger partial charge in [0.1, 0.15) is 6.61 Å². The third kappa shape index (κ3) is 7.07. The molecule has 0 spiro atoms. The number of carbonyl (C=O) groups is 3. The standard InChI is InChI=1S/C28H36N2O5/c1-4-5-10-19(15-27(32)33)29-26(31)16-25(18(2)3)30-28(34)35-17-24-22-13-8-6-11-20(22)21-12-7-9-14-23(21)24/h6-9,11-14,18-19,24-25H,4-5,10,15-17H2,1-3H3,(H,29,31)(H,30,34)(H,32,33)/t19-,25?/m0/s1. The first-order valence-corrected chi connectivity index (χ1v) is 12.4. The number of amides is 2. The number of rotatable bonds is 12. The molecule has 0 heterocycles. The number of carboxylic acids is 1. The summed E-state index contributed by atoms with van der Waals surface area (Å²) in [7, 11) is 0. The van der Waals surface area contributed by atoms with Crippen LogP contribution in [0.15, 0.2) is 48.5 Å². The minimum Gasteiger partial charge on any atom is -0.481 e. The Balaban J connectivity index is 1.57. The van der Waals surface area contributed by atoms with Gasteiger partial charge in [-0.15, -0.1) is 0 Å². The van der Waals surface area contributed by atoms with Gasteiger partial charge >= 0.3 is 12.1 Å². The van der Waals surface area contributed by atoms with Crippen LogP contribution in [0.1, 0.15) is 69.9 Å². The van der Waals surface area contributed by atoms with Gasteiger partial charge in [0.15, 0.2) is 0 Å². The second-order valence-electron chi connectivity index (χ2n) is 9.53. The third-order valence-corrected chi connectivity index (χ3v) is 6.55. The van der Waals surface area contributed by atoms with Gasteiger partial charge in [0, 0.05) is 24.4 Å². The Labute approximate surface area is 207 Å². The summed E-state index contributed by atoms with van der Waals surface area (Å²) >= 11 is 0. The topological polar surface area (TPSA) is 105 Å². The van der Waals surface area contributed by atoms with E-state index in [-0.39, 0.29) is 37.2 Å². The van der Waals surface area contributed by atoms with E-state index in [9.17, 15) is 14.4 Å². The number of fused-ring (bicyclic) bond motifs is 3. The molecule has 2 aromatic rings. The maximum atomic E-state index is 12.7. The van der Waals surface area contributed by atoms with E-state index in [0.717, 1.165) is 35.1 Å². The van der Waals surface area contributed by atoms with Crippen molar-refractivity contribution in [2.45, 2.75) is 70.9 Å². The molecule has 1 aliphatic carbocycles. The van der Waals surface area contributed by atoms with Gasteiger partial charge in [-0.25, -0.2) is 4.79 Å². The molecule has 3 rings (SSSR count). The number of nitrogens with one attached hydrogen (secondary N) is 2. The van der Waals surface area contributed by atoms with Crippen LogP contribution in [0.2, 0.25) is 0 Å². The summed E-state index contributed by atoms with van der Waals surface area (Å²) in [6.07, 6.45) is 1.75. The van der Waals surface area contributed by atoms with Crippen LogP contribution in [0, 0.1) is 5.92 Å². The van der Waals surface area contributed by atoms with Crippen LogP contribution >= 0.6 is 0 Å². The molecule has 7 nitrogen and oxygen atoms in total. The first-order valence-electron chi connectivity index (χ1n) is 12.4. The van der Waals surface area contributed by atoms with E-state index in [2.05, 4.69) is 34.9 Å². The SMILES string of the molecule is CCCC[C@@H](CC(=O)O)NC(=O)CC(NC(=O)OCC1c2ccccc2-c2ccccc21)C(C)C. The highest BCUT2D eigenvalue weighted by atomic mass is 16.5. The van der Waals surface area contributed by atoms with Crippen LogP contribution in [0.4, 0.5) is 4.79 Å². The molecule has 0 saturated heterocycles. The fraction of sp³-hybridized carbons (Fsp3) is 0.464. The lowest BCUT2D eigenvalue weighted by atomic mass is 9.98. The van der Waals surface area contributed by atoms with E-state index in [4.69, 9.17) is 9.84 Å². The fourth-order valence-corrected chi connectivity index (χ4v) is 4.62. The minimum absolute atomic E-state index is 0.00482. The molecule has 7 heteroatoms. The highest BCUT2D eigenvalue weighted by Gasteiger charge is 2.30. The number of hydrogen-bond donors (Lipinski definition) is 3. The smallest absolute Gasteiger partial charge is 0.407 e. The van der Waals surface area contributed by atoms with Crippen LogP contribution in [0.25, 0.3) is 11.1 Å². The summed E-state index contributed by atoms with van der Waals surface area (Å²) in [4.78, 5) is 36.5. The predicted molar refractivity (Wildman–Crippen MR) is 135 cm³/mol. The Morgan fingerprint density at radius 2 is 1.54 bits per heavy atom. The molecule has 3 N–H and O–H groups in total. The van der Waals surface area contributed by atoms with Gasteiger partial charge in [-0.2, -0.15) is 0 Å². The van der Waals surface area contributed by atoms with E-state index in [1.165, 1.54) is 0 Å². The van der Waals surface area contributed by atoms with E-state index < -0.39 is 24.1 Å². The summed E-state index contributed by atoms with van der Waals surface area (Å²) in [5.41, 5.74) is 4.59. The number of carbonyl (C=O) groups excluding carboxylic acids is 2. The summed E-state index contributed by atoms with van der Waals surface area (Å²) in [6.45, 7) is 6.07. The number of ether oxygens (including phenoxy) is 1. The lowest BCUT2D eigenvalue weighted by Crippen LogP contribution is -2.45. The van der Waals surface area contributed by atoms with E-state index in [0.29, 0.717) is 6.42 Å². The zero-order valence-corrected chi connectivity index (χ0v) is 20.8. The Bertz CT molecular complexity index is 990. The van der Waals surface area contributed by atoms with Gasteiger partial charge in [-0.3, -0.25) is 9.59 Å². The molecule has 0 bridgehead atoms. The van der Waals surface area contributed by atoms with E-state index >= 15 is 0 Å².